The van der Waals surface area contributed by atoms with Crippen molar-refractivity contribution in [3.63, 3.8) is 0 Å². The second-order valence-electron chi connectivity index (χ2n) is 6.89. The summed E-state index contributed by atoms with van der Waals surface area (Å²) in [6.45, 7) is 10.1. The molecule has 1 fully saturated rings. The number of hydrogen-bond acceptors (Lipinski definition) is 4. The summed E-state index contributed by atoms with van der Waals surface area (Å²) in [6.07, 6.45) is 2.71. The van der Waals surface area contributed by atoms with Gasteiger partial charge in [0, 0.05) is 19.1 Å². The highest BCUT2D eigenvalue weighted by Crippen LogP contribution is 2.21. The maximum absolute atomic E-state index is 11.3. The highest BCUT2D eigenvalue weighted by molar-refractivity contribution is 5.78. The maximum Gasteiger partial charge on any atom is 0.323 e. The van der Waals surface area contributed by atoms with Crippen molar-refractivity contribution in [2.24, 2.45) is 5.92 Å². The van der Waals surface area contributed by atoms with Gasteiger partial charge in [0.15, 0.2) is 0 Å². The van der Waals surface area contributed by atoms with Crippen LogP contribution < -0.4 is 5.32 Å². The number of rotatable bonds is 9. The molecule has 1 heterocycles. The summed E-state index contributed by atoms with van der Waals surface area (Å²) in [6, 6.07) is 0.649. The Morgan fingerprint density at radius 3 is 2.52 bits per heavy atom. The number of aliphatic carboxylic acids is 1. The second-order valence-corrected chi connectivity index (χ2v) is 6.89. The highest BCUT2D eigenvalue weighted by Gasteiger charge is 2.32. The molecule has 2 N–H and O–H groups in total. The van der Waals surface area contributed by atoms with E-state index >= 15 is 0 Å². The largest absolute Gasteiger partial charge is 0.480 e. The molecule has 5 nitrogen and oxygen atoms in total. The first-order chi connectivity index (χ1) is 9.80. The zero-order valence-corrected chi connectivity index (χ0v) is 14.4. The molecule has 3 unspecified atom stereocenters. The van der Waals surface area contributed by atoms with E-state index in [1.807, 2.05) is 6.92 Å². The Labute approximate surface area is 129 Å². The first kappa shape index (κ1) is 18.4. The molecule has 5 heteroatoms. The molecule has 1 saturated heterocycles. The molecular formula is C16H33N3O2. The van der Waals surface area contributed by atoms with Crippen molar-refractivity contribution in [1.82, 2.24) is 15.1 Å². The van der Waals surface area contributed by atoms with Gasteiger partial charge in [0.05, 0.1) is 0 Å². The van der Waals surface area contributed by atoms with Crippen LogP contribution in [-0.2, 0) is 4.79 Å². The number of likely N-dealkylation sites (N-methyl/N-ethyl adjacent to an activating group) is 2. The van der Waals surface area contributed by atoms with Gasteiger partial charge < -0.3 is 20.2 Å². The molecule has 0 aliphatic carbocycles. The number of nitrogens with zero attached hydrogens (tertiary/aromatic N) is 2. The molecule has 0 bridgehead atoms. The number of nitrogens with one attached hydrogen (secondary N) is 1. The first-order valence-corrected chi connectivity index (χ1v) is 8.17. The van der Waals surface area contributed by atoms with Crippen LogP contribution in [0.1, 0.15) is 40.0 Å². The maximum atomic E-state index is 11.3. The Morgan fingerprint density at radius 1 is 1.38 bits per heavy atom. The number of carboxylic acids is 1. The van der Waals surface area contributed by atoms with Crippen LogP contribution in [0.25, 0.3) is 0 Å². The lowest BCUT2D eigenvalue weighted by atomic mass is 9.95. The van der Waals surface area contributed by atoms with Crippen LogP contribution >= 0.6 is 0 Å². The summed E-state index contributed by atoms with van der Waals surface area (Å²) in [4.78, 5) is 16.2. The van der Waals surface area contributed by atoms with E-state index < -0.39 is 11.5 Å². The van der Waals surface area contributed by atoms with Crippen molar-refractivity contribution in [2.45, 2.75) is 51.6 Å². The monoisotopic (exact) mass is 299 g/mol. The summed E-state index contributed by atoms with van der Waals surface area (Å²) in [5.41, 5.74) is -0.779. The minimum atomic E-state index is -0.779. The van der Waals surface area contributed by atoms with Crippen molar-refractivity contribution >= 4 is 5.97 Å². The van der Waals surface area contributed by atoms with Crippen LogP contribution in [0.4, 0.5) is 0 Å². The predicted molar refractivity (Wildman–Crippen MR) is 86.6 cm³/mol. The molecule has 3 atom stereocenters. The Morgan fingerprint density at radius 2 is 2.05 bits per heavy atom. The third kappa shape index (κ3) is 5.24. The molecule has 0 aromatic carbocycles. The third-order valence-electron chi connectivity index (χ3n) is 4.75. The highest BCUT2D eigenvalue weighted by atomic mass is 16.4. The summed E-state index contributed by atoms with van der Waals surface area (Å²) in [5.74, 6) is -0.0298. The summed E-state index contributed by atoms with van der Waals surface area (Å²) >= 11 is 0. The second kappa shape index (κ2) is 8.11. The lowest BCUT2D eigenvalue weighted by Crippen LogP contribution is -2.49. The van der Waals surface area contributed by atoms with E-state index in [-0.39, 0.29) is 0 Å². The molecule has 124 valence electrons. The van der Waals surface area contributed by atoms with E-state index in [4.69, 9.17) is 0 Å². The van der Waals surface area contributed by atoms with Gasteiger partial charge in [-0.05, 0) is 59.3 Å². The molecule has 1 aliphatic rings. The molecule has 0 saturated carbocycles. The van der Waals surface area contributed by atoms with Crippen molar-refractivity contribution in [1.29, 1.82) is 0 Å². The Bertz CT molecular complexity index is 335. The van der Waals surface area contributed by atoms with E-state index in [1.54, 1.807) is 6.92 Å². The normalized spacial score (nSPS) is 26.2. The fourth-order valence-electron chi connectivity index (χ4n) is 3.38. The lowest BCUT2D eigenvalue weighted by molar-refractivity contribution is -0.144. The Kier molecular flexibility index (Phi) is 7.10. The molecule has 0 spiro atoms. The van der Waals surface area contributed by atoms with Crippen molar-refractivity contribution in [3.05, 3.63) is 0 Å². The summed E-state index contributed by atoms with van der Waals surface area (Å²) in [5, 5.41) is 12.4. The van der Waals surface area contributed by atoms with Crippen molar-refractivity contribution in [2.75, 3.05) is 40.3 Å². The van der Waals surface area contributed by atoms with Gasteiger partial charge in [-0.2, -0.15) is 0 Å². The lowest BCUT2D eigenvalue weighted by Gasteiger charge is -2.26. The molecule has 0 aromatic heterocycles. The SMILES string of the molecule is CCNC(C)(CCCCN1CC(C)C(N(C)C)C1)C(=O)O. The van der Waals surface area contributed by atoms with Gasteiger partial charge >= 0.3 is 5.97 Å². The van der Waals surface area contributed by atoms with Crippen LogP contribution in [0.3, 0.4) is 0 Å². The zero-order chi connectivity index (χ0) is 16.0. The zero-order valence-electron chi connectivity index (χ0n) is 14.4. The first-order valence-electron chi connectivity index (χ1n) is 8.17. The molecular weight excluding hydrogens is 266 g/mol. The smallest absolute Gasteiger partial charge is 0.323 e. The van der Waals surface area contributed by atoms with Gasteiger partial charge in [-0.3, -0.25) is 4.79 Å². The van der Waals surface area contributed by atoms with E-state index in [2.05, 4.69) is 36.1 Å². The topological polar surface area (TPSA) is 55.8 Å². The summed E-state index contributed by atoms with van der Waals surface area (Å²) in [7, 11) is 4.30. The number of unbranched alkanes of at least 4 members (excludes halogenated alkanes) is 1. The van der Waals surface area contributed by atoms with Gasteiger partial charge in [-0.25, -0.2) is 0 Å². The Hall–Kier alpha value is -0.650. The molecule has 1 aliphatic heterocycles. The van der Waals surface area contributed by atoms with E-state index in [9.17, 15) is 9.90 Å². The van der Waals surface area contributed by atoms with Gasteiger partial charge in [-0.15, -0.1) is 0 Å². The van der Waals surface area contributed by atoms with Crippen LogP contribution in [-0.4, -0.2) is 72.7 Å². The Balaban J connectivity index is 2.30. The van der Waals surface area contributed by atoms with Crippen LogP contribution in [0.15, 0.2) is 0 Å². The number of likely N-dealkylation sites (tertiary alicyclic amines) is 1. The average molecular weight is 299 g/mol. The molecule has 0 radical (unpaired) electrons. The van der Waals surface area contributed by atoms with Gasteiger partial charge in [0.25, 0.3) is 0 Å². The minimum absolute atomic E-state index is 0.649. The third-order valence-corrected chi connectivity index (χ3v) is 4.75. The van der Waals surface area contributed by atoms with Gasteiger partial charge in [0.1, 0.15) is 5.54 Å². The van der Waals surface area contributed by atoms with Gasteiger partial charge in [-0.1, -0.05) is 13.8 Å². The van der Waals surface area contributed by atoms with E-state index in [0.29, 0.717) is 24.9 Å². The molecule has 0 amide bonds. The fourth-order valence-corrected chi connectivity index (χ4v) is 3.38. The number of hydrogen-bond donors (Lipinski definition) is 2. The quantitative estimate of drug-likeness (QED) is 0.632. The van der Waals surface area contributed by atoms with Crippen LogP contribution in [0, 0.1) is 5.92 Å². The number of carboxylic acid groups (broad SMARTS) is 1. The van der Waals surface area contributed by atoms with Crippen molar-refractivity contribution in [3.8, 4) is 0 Å². The van der Waals surface area contributed by atoms with E-state index in [0.717, 1.165) is 32.5 Å². The number of carbonyl (C=O) groups is 1. The minimum Gasteiger partial charge on any atom is -0.480 e. The molecule has 21 heavy (non-hydrogen) atoms. The fraction of sp³-hybridized carbons (Fsp3) is 0.938. The average Bonchev–Trinajstić information content (AvgIpc) is 2.76. The van der Waals surface area contributed by atoms with Crippen LogP contribution in [0.2, 0.25) is 0 Å². The van der Waals surface area contributed by atoms with E-state index in [1.165, 1.54) is 0 Å². The predicted octanol–water partition coefficient (Wildman–Crippen LogP) is 1.49. The summed E-state index contributed by atoms with van der Waals surface area (Å²) < 4.78 is 0. The standard InChI is InChI=1S/C16H33N3O2/c1-6-17-16(3,15(20)21)9-7-8-10-19-11-13(2)14(12-19)18(4)5/h13-14,17H,6-12H2,1-5H3,(H,20,21). The molecule has 1 rings (SSSR count). The van der Waals surface area contributed by atoms with Crippen molar-refractivity contribution < 1.29 is 9.90 Å². The van der Waals surface area contributed by atoms with Crippen LogP contribution in [0.5, 0.6) is 0 Å². The van der Waals surface area contributed by atoms with Gasteiger partial charge in [0.2, 0.25) is 0 Å². The molecule has 0 aromatic rings.